The van der Waals surface area contributed by atoms with E-state index in [1.807, 2.05) is 6.92 Å². The molecular weight excluding hydrogens is 176 g/mol. The molecule has 78 valence electrons. The van der Waals surface area contributed by atoms with Crippen molar-refractivity contribution in [1.82, 2.24) is 10.6 Å². The summed E-state index contributed by atoms with van der Waals surface area (Å²) in [5.74, 6) is 2.62. The molecule has 0 saturated carbocycles. The van der Waals surface area contributed by atoms with E-state index in [0.29, 0.717) is 12.5 Å². The van der Waals surface area contributed by atoms with E-state index in [1.165, 1.54) is 6.42 Å². The average Bonchev–Trinajstić information content (AvgIpc) is 2.66. The summed E-state index contributed by atoms with van der Waals surface area (Å²) in [4.78, 5) is 11.5. The van der Waals surface area contributed by atoms with Crippen LogP contribution in [0.3, 0.4) is 0 Å². The second kappa shape index (κ2) is 5.66. The molecule has 2 N–H and O–H groups in total. The molecule has 14 heavy (non-hydrogen) atoms. The van der Waals surface area contributed by atoms with Gasteiger partial charge in [0.15, 0.2) is 0 Å². The molecular formula is C11H18N2O. The molecule has 0 aliphatic carbocycles. The smallest absolute Gasteiger partial charge is 0.222 e. The molecule has 0 aromatic rings. The number of carbonyl (C=O) groups is 1. The average molecular weight is 194 g/mol. The lowest BCUT2D eigenvalue weighted by Gasteiger charge is -2.13. The fraction of sp³-hybridized carbons (Fsp3) is 0.727. The fourth-order valence-electron chi connectivity index (χ4n) is 1.67. The first kappa shape index (κ1) is 11.1. The zero-order valence-corrected chi connectivity index (χ0v) is 8.68. The largest absolute Gasteiger partial charge is 0.342 e. The maximum Gasteiger partial charge on any atom is 0.222 e. The second-order valence-electron chi connectivity index (χ2n) is 3.69. The topological polar surface area (TPSA) is 41.1 Å². The van der Waals surface area contributed by atoms with Crippen molar-refractivity contribution in [3.8, 4) is 12.3 Å². The Labute approximate surface area is 85.6 Å². The normalized spacial score (nSPS) is 22.7. The zero-order chi connectivity index (χ0) is 10.4. The Bertz CT molecular complexity index is 226. The minimum Gasteiger partial charge on any atom is -0.342 e. The van der Waals surface area contributed by atoms with Crippen molar-refractivity contribution in [3.63, 3.8) is 0 Å². The van der Waals surface area contributed by atoms with Gasteiger partial charge in [-0.05, 0) is 25.8 Å². The van der Waals surface area contributed by atoms with Gasteiger partial charge in [0.05, 0.1) is 6.04 Å². The molecule has 3 heteroatoms. The highest BCUT2D eigenvalue weighted by molar-refractivity contribution is 5.77. The third-order valence-electron chi connectivity index (χ3n) is 2.54. The number of nitrogens with one attached hydrogen (secondary N) is 2. The molecule has 1 amide bonds. The number of hydrogen-bond donors (Lipinski definition) is 2. The van der Waals surface area contributed by atoms with Gasteiger partial charge in [-0.2, -0.15) is 0 Å². The Hall–Kier alpha value is -1.01. The van der Waals surface area contributed by atoms with Gasteiger partial charge >= 0.3 is 0 Å². The van der Waals surface area contributed by atoms with Crippen LogP contribution < -0.4 is 10.6 Å². The van der Waals surface area contributed by atoms with Crippen LogP contribution in [0.15, 0.2) is 0 Å². The van der Waals surface area contributed by atoms with Crippen LogP contribution in [0.25, 0.3) is 0 Å². The van der Waals surface area contributed by atoms with Crippen molar-refractivity contribution in [1.29, 1.82) is 0 Å². The van der Waals surface area contributed by atoms with Crippen LogP contribution in [0, 0.1) is 12.3 Å². The Balaban J connectivity index is 2.24. The van der Waals surface area contributed by atoms with E-state index >= 15 is 0 Å². The van der Waals surface area contributed by atoms with E-state index in [-0.39, 0.29) is 11.9 Å². The van der Waals surface area contributed by atoms with E-state index in [4.69, 9.17) is 6.42 Å². The van der Waals surface area contributed by atoms with Crippen molar-refractivity contribution in [2.75, 3.05) is 6.54 Å². The fourth-order valence-corrected chi connectivity index (χ4v) is 1.67. The summed E-state index contributed by atoms with van der Waals surface area (Å²) in [5, 5.41) is 6.11. The second-order valence-corrected chi connectivity index (χ2v) is 3.69. The summed E-state index contributed by atoms with van der Waals surface area (Å²) in [6.45, 7) is 3.00. The molecule has 2 unspecified atom stereocenters. The standard InChI is InChI=1S/C11H18N2O/c1-3-9(4-2)13-11(14)8-10-6-5-7-12-10/h1,9-10,12H,4-8H2,2H3,(H,13,14). The van der Waals surface area contributed by atoms with Gasteiger partial charge in [0.2, 0.25) is 5.91 Å². The molecule has 0 radical (unpaired) electrons. The van der Waals surface area contributed by atoms with E-state index in [1.54, 1.807) is 0 Å². The molecule has 0 bridgehead atoms. The Kier molecular flexibility index (Phi) is 4.48. The van der Waals surface area contributed by atoms with Crippen LogP contribution in [0.2, 0.25) is 0 Å². The van der Waals surface area contributed by atoms with Gasteiger partial charge in [0.25, 0.3) is 0 Å². The summed E-state index contributed by atoms with van der Waals surface area (Å²) in [6.07, 6.45) is 8.87. The first-order chi connectivity index (χ1) is 6.76. The SMILES string of the molecule is C#CC(CC)NC(=O)CC1CCCN1. The molecule has 1 rings (SSSR count). The molecule has 0 aromatic heterocycles. The predicted octanol–water partition coefficient (Wildman–Crippen LogP) is 0.656. The van der Waals surface area contributed by atoms with Gasteiger partial charge in [0, 0.05) is 12.5 Å². The maximum atomic E-state index is 11.5. The minimum atomic E-state index is -0.107. The van der Waals surface area contributed by atoms with Crippen LogP contribution in [0.5, 0.6) is 0 Å². The van der Waals surface area contributed by atoms with Gasteiger partial charge in [-0.1, -0.05) is 12.8 Å². The highest BCUT2D eigenvalue weighted by Crippen LogP contribution is 2.08. The first-order valence-corrected chi connectivity index (χ1v) is 5.25. The number of rotatable bonds is 4. The van der Waals surface area contributed by atoms with Crippen LogP contribution in [-0.4, -0.2) is 24.5 Å². The quantitative estimate of drug-likeness (QED) is 0.645. The summed E-state index contributed by atoms with van der Waals surface area (Å²) in [5.41, 5.74) is 0. The predicted molar refractivity (Wildman–Crippen MR) is 56.7 cm³/mol. The molecule has 0 spiro atoms. The van der Waals surface area contributed by atoms with Crippen molar-refractivity contribution < 1.29 is 4.79 Å². The Morgan fingerprint density at radius 3 is 3.07 bits per heavy atom. The lowest BCUT2D eigenvalue weighted by atomic mass is 10.1. The third kappa shape index (κ3) is 3.39. The van der Waals surface area contributed by atoms with Crippen molar-refractivity contribution in [3.05, 3.63) is 0 Å². The number of terminal acetylenes is 1. The molecule has 2 atom stereocenters. The molecule has 1 aliphatic rings. The monoisotopic (exact) mass is 194 g/mol. The first-order valence-electron chi connectivity index (χ1n) is 5.25. The maximum absolute atomic E-state index is 11.5. The summed E-state index contributed by atoms with van der Waals surface area (Å²) < 4.78 is 0. The highest BCUT2D eigenvalue weighted by Gasteiger charge is 2.18. The van der Waals surface area contributed by atoms with Crippen LogP contribution in [0.1, 0.15) is 32.6 Å². The molecule has 1 fully saturated rings. The molecule has 0 aromatic carbocycles. The minimum absolute atomic E-state index is 0.0641. The van der Waals surface area contributed by atoms with Gasteiger partial charge in [0.1, 0.15) is 0 Å². The summed E-state index contributed by atoms with van der Waals surface area (Å²) >= 11 is 0. The van der Waals surface area contributed by atoms with Gasteiger partial charge in [-0.15, -0.1) is 6.42 Å². The van der Waals surface area contributed by atoms with Crippen molar-refractivity contribution in [2.24, 2.45) is 0 Å². The lowest BCUT2D eigenvalue weighted by Crippen LogP contribution is -2.37. The van der Waals surface area contributed by atoms with E-state index in [0.717, 1.165) is 19.4 Å². The Morgan fingerprint density at radius 1 is 1.79 bits per heavy atom. The van der Waals surface area contributed by atoms with Gasteiger partial charge < -0.3 is 10.6 Å². The van der Waals surface area contributed by atoms with Crippen LogP contribution >= 0.6 is 0 Å². The highest BCUT2D eigenvalue weighted by atomic mass is 16.1. The van der Waals surface area contributed by atoms with E-state index < -0.39 is 0 Å². The lowest BCUT2D eigenvalue weighted by molar-refractivity contribution is -0.121. The molecule has 1 aliphatic heterocycles. The zero-order valence-electron chi connectivity index (χ0n) is 8.68. The van der Waals surface area contributed by atoms with Crippen LogP contribution in [0.4, 0.5) is 0 Å². The van der Waals surface area contributed by atoms with Crippen molar-refractivity contribution >= 4 is 5.91 Å². The van der Waals surface area contributed by atoms with Crippen LogP contribution in [-0.2, 0) is 4.79 Å². The Morgan fingerprint density at radius 2 is 2.57 bits per heavy atom. The van der Waals surface area contributed by atoms with Crippen molar-refractivity contribution in [2.45, 2.75) is 44.7 Å². The van der Waals surface area contributed by atoms with Gasteiger partial charge in [-0.3, -0.25) is 4.79 Å². The summed E-state index contributed by atoms with van der Waals surface area (Å²) in [7, 11) is 0. The van der Waals surface area contributed by atoms with Gasteiger partial charge in [-0.25, -0.2) is 0 Å². The molecule has 1 saturated heterocycles. The number of carbonyl (C=O) groups excluding carboxylic acids is 1. The summed E-state index contributed by atoms with van der Waals surface area (Å²) in [6, 6.07) is 0.245. The number of amides is 1. The third-order valence-corrected chi connectivity index (χ3v) is 2.54. The number of hydrogen-bond acceptors (Lipinski definition) is 2. The molecule has 1 heterocycles. The van der Waals surface area contributed by atoms with E-state index in [2.05, 4.69) is 16.6 Å². The van der Waals surface area contributed by atoms with E-state index in [9.17, 15) is 4.79 Å². The molecule has 3 nitrogen and oxygen atoms in total.